The van der Waals surface area contributed by atoms with Gasteiger partial charge in [0.1, 0.15) is 0 Å². The maximum absolute atomic E-state index is 11.5. The molecule has 12 heteroatoms. The third-order valence-electron chi connectivity index (χ3n) is 5.88. The molecular weight excluding hydrogens is 490 g/mol. The lowest BCUT2D eigenvalue weighted by atomic mass is 10.3. The topological polar surface area (TPSA) is 115 Å². The van der Waals surface area contributed by atoms with E-state index in [0.717, 1.165) is 61.4 Å². The monoisotopic (exact) mass is 525 g/mol. The number of carbonyl (C=O) groups excluding carboxylic acids is 1. The Kier molecular flexibility index (Phi) is 8.85. The summed E-state index contributed by atoms with van der Waals surface area (Å²) < 4.78 is 5.84. The zero-order valence-electron chi connectivity index (χ0n) is 22.0. The van der Waals surface area contributed by atoms with Crippen molar-refractivity contribution in [3.05, 3.63) is 36.0 Å². The van der Waals surface area contributed by atoms with Crippen LogP contribution >= 0.6 is 11.8 Å². The molecule has 1 aliphatic heterocycles. The molecule has 1 saturated heterocycles. The van der Waals surface area contributed by atoms with Crippen molar-refractivity contribution in [2.75, 3.05) is 76.0 Å². The van der Waals surface area contributed by atoms with E-state index in [1.165, 1.54) is 18.7 Å². The SMILES string of the molecule is COc1c(Nc2cc(C)[nH]n2)nc(Sc2cccc(NC(C)=O)c2)nc1N1CCN(CCN(C)C)CC1. The van der Waals surface area contributed by atoms with Gasteiger partial charge in [-0.15, -0.1) is 0 Å². The van der Waals surface area contributed by atoms with Gasteiger partial charge in [-0.2, -0.15) is 5.10 Å². The molecule has 3 aromatic rings. The summed E-state index contributed by atoms with van der Waals surface area (Å²) in [6.45, 7) is 9.08. The highest BCUT2D eigenvalue weighted by atomic mass is 32.2. The number of aromatic amines is 1. The lowest BCUT2D eigenvalue weighted by molar-refractivity contribution is -0.114. The van der Waals surface area contributed by atoms with Crippen molar-refractivity contribution in [3.8, 4) is 5.75 Å². The number of hydrogen-bond acceptors (Lipinski definition) is 10. The summed E-state index contributed by atoms with van der Waals surface area (Å²) in [6, 6.07) is 9.55. The van der Waals surface area contributed by atoms with E-state index in [4.69, 9.17) is 14.7 Å². The molecule has 0 saturated carbocycles. The predicted octanol–water partition coefficient (Wildman–Crippen LogP) is 3.05. The number of benzene rings is 1. The number of hydrogen-bond donors (Lipinski definition) is 3. The third-order valence-corrected chi connectivity index (χ3v) is 6.74. The molecule has 1 fully saturated rings. The minimum absolute atomic E-state index is 0.115. The first-order valence-corrected chi connectivity index (χ1v) is 13.0. The maximum Gasteiger partial charge on any atom is 0.221 e. The summed E-state index contributed by atoms with van der Waals surface area (Å²) in [4.78, 5) is 29.1. The quantitative estimate of drug-likeness (QED) is 0.341. The number of aryl methyl sites for hydroxylation is 1. The molecule has 0 bridgehead atoms. The van der Waals surface area contributed by atoms with Gasteiger partial charge >= 0.3 is 0 Å². The number of amides is 1. The Labute approximate surface area is 222 Å². The fourth-order valence-electron chi connectivity index (χ4n) is 4.03. The van der Waals surface area contributed by atoms with Crippen LogP contribution in [0.1, 0.15) is 12.6 Å². The molecule has 198 valence electrons. The number of rotatable bonds is 10. The molecule has 0 atom stereocenters. The zero-order valence-corrected chi connectivity index (χ0v) is 22.9. The lowest BCUT2D eigenvalue weighted by Gasteiger charge is -2.36. The van der Waals surface area contributed by atoms with Gasteiger partial charge in [0.05, 0.1) is 7.11 Å². The minimum Gasteiger partial charge on any atom is -0.490 e. The summed E-state index contributed by atoms with van der Waals surface area (Å²) in [6.07, 6.45) is 0. The maximum atomic E-state index is 11.5. The number of carbonyl (C=O) groups is 1. The molecule has 11 nitrogen and oxygen atoms in total. The molecule has 4 rings (SSSR count). The van der Waals surface area contributed by atoms with Gasteiger partial charge in [0.25, 0.3) is 0 Å². The summed E-state index contributed by atoms with van der Waals surface area (Å²) in [5.41, 5.74) is 1.67. The van der Waals surface area contributed by atoms with Crippen molar-refractivity contribution >= 4 is 40.8 Å². The number of methoxy groups -OCH3 is 1. The molecular formula is C25H35N9O2S. The van der Waals surface area contributed by atoms with Crippen LogP contribution in [0.2, 0.25) is 0 Å². The summed E-state index contributed by atoms with van der Waals surface area (Å²) in [5, 5.41) is 13.9. The van der Waals surface area contributed by atoms with E-state index in [0.29, 0.717) is 22.5 Å². The van der Waals surface area contributed by atoms with Gasteiger partial charge in [0.15, 0.2) is 22.6 Å². The van der Waals surface area contributed by atoms with E-state index in [1.54, 1.807) is 7.11 Å². The first kappa shape index (κ1) is 26.7. The summed E-state index contributed by atoms with van der Waals surface area (Å²) in [5.74, 6) is 2.42. The van der Waals surface area contributed by atoms with Crippen molar-refractivity contribution in [1.82, 2.24) is 30.0 Å². The van der Waals surface area contributed by atoms with Gasteiger partial charge in [0, 0.05) is 68.5 Å². The highest BCUT2D eigenvalue weighted by Crippen LogP contribution is 2.38. The average Bonchev–Trinajstić information content (AvgIpc) is 3.27. The second-order valence-electron chi connectivity index (χ2n) is 9.22. The lowest BCUT2D eigenvalue weighted by Crippen LogP contribution is -2.48. The number of nitrogens with one attached hydrogen (secondary N) is 3. The van der Waals surface area contributed by atoms with E-state index in [9.17, 15) is 4.79 Å². The fourth-order valence-corrected chi connectivity index (χ4v) is 4.84. The van der Waals surface area contributed by atoms with Gasteiger partial charge in [-0.3, -0.25) is 14.8 Å². The minimum atomic E-state index is -0.115. The molecule has 0 aliphatic carbocycles. The van der Waals surface area contributed by atoms with E-state index >= 15 is 0 Å². The number of piperazine rings is 1. The van der Waals surface area contributed by atoms with Crippen LogP contribution in [0.3, 0.4) is 0 Å². The van der Waals surface area contributed by atoms with Gasteiger partial charge in [-0.05, 0) is 51.0 Å². The predicted molar refractivity (Wildman–Crippen MR) is 147 cm³/mol. The van der Waals surface area contributed by atoms with E-state index in [2.05, 4.69) is 49.6 Å². The van der Waals surface area contributed by atoms with Crippen LogP contribution < -0.4 is 20.3 Å². The molecule has 1 aromatic carbocycles. The van der Waals surface area contributed by atoms with E-state index < -0.39 is 0 Å². The van der Waals surface area contributed by atoms with Crippen molar-refractivity contribution in [3.63, 3.8) is 0 Å². The van der Waals surface area contributed by atoms with Crippen LogP contribution in [0.4, 0.5) is 23.1 Å². The van der Waals surface area contributed by atoms with E-state index in [-0.39, 0.29) is 5.91 Å². The largest absolute Gasteiger partial charge is 0.490 e. The third kappa shape index (κ3) is 7.34. The van der Waals surface area contributed by atoms with E-state index in [1.807, 2.05) is 37.3 Å². The molecule has 3 heterocycles. The first-order valence-electron chi connectivity index (χ1n) is 12.2. The number of nitrogens with zero attached hydrogens (tertiary/aromatic N) is 6. The van der Waals surface area contributed by atoms with Crippen molar-refractivity contribution < 1.29 is 9.53 Å². The Morgan fingerprint density at radius 2 is 1.97 bits per heavy atom. The second-order valence-corrected chi connectivity index (χ2v) is 10.3. The Morgan fingerprint density at radius 1 is 1.19 bits per heavy atom. The standard InChI is InChI=1S/C25H35N9O2S/c1-17-15-21(31-30-17)27-23-22(36-5)24(34-13-11-33(12-14-34)10-9-32(3)4)29-25(28-23)37-20-8-6-7-19(16-20)26-18(2)35/h6-8,15-16H,9-14H2,1-5H3,(H,26,35)(H2,27,28,29,30,31). The molecule has 2 aromatic heterocycles. The number of ether oxygens (including phenoxy) is 1. The summed E-state index contributed by atoms with van der Waals surface area (Å²) >= 11 is 1.43. The van der Waals surface area contributed by atoms with Crippen LogP contribution in [0.25, 0.3) is 0 Å². The van der Waals surface area contributed by atoms with Crippen LogP contribution in [0.5, 0.6) is 5.75 Å². The van der Waals surface area contributed by atoms with Crippen LogP contribution in [0, 0.1) is 6.92 Å². The van der Waals surface area contributed by atoms with Gasteiger partial charge < -0.3 is 25.2 Å². The zero-order chi connectivity index (χ0) is 26.4. The number of anilines is 4. The average molecular weight is 526 g/mol. The molecule has 37 heavy (non-hydrogen) atoms. The number of aromatic nitrogens is 4. The Balaban J connectivity index is 1.63. The fraction of sp³-hybridized carbons (Fsp3) is 0.440. The molecule has 3 N–H and O–H groups in total. The molecule has 0 unspecified atom stereocenters. The molecule has 0 spiro atoms. The van der Waals surface area contributed by atoms with Gasteiger partial charge in [0.2, 0.25) is 11.7 Å². The van der Waals surface area contributed by atoms with Crippen molar-refractivity contribution in [1.29, 1.82) is 0 Å². The van der Waals surface area contributed by atoms with Crippen molar-refractivity contribution in [2.24, 2.45) is 0 Å². The molecule has 1 aliphatic rings. The van der Waals surface area contributed by atoms with Gasteiger partial charge in [-0.1, -0.05) is 6.07 Å². The highest BCUT2D eigenvalue weighted by molar-refractivity contribution is 7.99. The van der Waals surface area contributed by atoms with Crippen LogP contribution in [0.15, 0.2) is 40.4 Å². The van der Waals surface area contributed by atoms with Crippen molar-refractivity contribution in [2.45, 2.75) is 23.9 Å². The highest BCUT2D eigenvalue weighted by Gasteiger charge is 2.25. The van der Waals surface area contributed by atoms with Crippen LogP contribution in [-0.4, -0.2) is 96.3 Å². The Morgan fingerprint density at radius 3 is 2.62 bits per heavy atom. The van der Waals surface area contributed by atoms with Gasteiger partial charge in [-0.25, -0.2) is 9.97 Å². The second kappa shape index (κ2) is 12.3. The molecule has 1 amide bonds. The first-order chi connectivity index (χ1) is 17.8. The Hall–Kier alpha value is -3.35. The number of H-pyrrole nitrogens is 1. The normalized spacial score (nSPS) is 14.2. The summed E-state index contributed by atoms with van der Waals surface area (Å²) in [7, 11) is 5.84. The number of likely N-dealkylation sites (N-methyl/N-ethyl adjacent to an activating group) is 1. The smallest absolute Gasteiger partial charge is 0.221 e. The van der Waals surface area contributed by atoms with Crippen LogP contribution in [-0.2, 0) is 4.79 Å². The molecule has 0 radical (unpaired) electrons. The Bertz CT molecular complexity index is 1210.